The van der Waals surface area contributed by atoms with Crippen molar-refractivity contribution >= 4 is 11.3 Å². The molecule has 3 aromatic rings. The zero-order valence-corrected chi connectivity index (χ0v) is 12.5. The second-order valence-electron chi connectivity index (χ2n) is 4.91. The minimum atomic E-state index is -0.205. The van der Waals surface area contributed by atoms with E-state index in [0.29, 0.717) is 6.54 Å². The average Bonchev–Trinajstić information content (AvgIpc) is 3.15. The van der Waals surface area contributed by atoms with Crippen LogP contribution in [-0.2, 0) is 6.54 Å². The van der Waals surface area contributed by atoms with Crippen LogP contribution >= 0.6 is 11.3 Å². The summed E-state index contributed by atoms with van der Waals surface area (Å²) in [5.41, 5.74) is 3.10. The Kier molecular flexibility index (Phi) is 4.13. The lowest BCUT2D eigenvalue weighted by molar-refractivity contribution is 0.565. The number of H-pyrrole nitrogens is 1. The molecule has 0 fully saturated rings. The summed E-state index contributed by atoms with van der Waals surface area (Å²) in [6, 6.07) is 10.8. The van der Waals surface area contributed by atoms with Gasteiger partial charge in [-0.05, 0) is 36.1 Å². The predicted molar refractivity (Wildman–Crippen MR) is 83.6 cm³/mol. The van der Waals surface area contributed by atoms with Crippen molar-refractivity contribution in [1.82, 2.24) is 15.5 Å². The zero-order valence-electron chi connectivity index (χ0n) is 11.6. The fourth-order valence-electron chi connectivity index (χ4n) is 2.24. The molecule has 0 saturated carbocycles. The first-order valence-electron chi connectivity index (χ1n) is 6.79. The van der Waals surface area contributed by atoms with Crippen molar-refractivity contribution in [2.45, 2.75) is 19.5 Å². The Bertz CT molecular complexity index is 706. The Morgan fingerprint density at radius 1 is 1.33 bits per heavy atom. The van der Waals surface area contributed by atoms with Gasteiger partial charge in [0.25, 0.3) is 0 Å². The first-order chi connectivity index (χ1) is 10.2. The molecule has 108 valence electrons. The van der Waals surface area contributed by atoms with E-state index in [1.807, 2.05) is 30.6 Å². The molecule has 0 aliphatic carbocycles. The minimum Gasteiger partial charge on any atom is -0.306 e. The highest BCUT2D eigenvalue weighted by atomic mass is 32.1. The highest BCUT2D eigenvalue weighted by molar-refractivity contribution is 7.13. The third-order valence-electron chi connectivity index (χ3n) is 3.43. The molecule has 1 atom stereocenters. The van der Waals surface area contributed by atoms with Crippen molar-refractivity contribution < 1.29 is 4.39 Å². The van der Waals surface area contributed by atoms with E-state index in [9.17, 15) is 4.39 Å². The molecular formula is C16H16FN3S. The minimum absolute atomic E-state index is 0.0757. The van der Waals surface area contributed by atoms with Crippen molar-refractivity contribution in [3.05, 3.63) is 64.9 Å². The summed E-state index contributed by atoms with van der Waals surface area (Å²) in [5.74, 6) is -0.205. The predicted octanol–water partition coefficient (Wildman–Crippen LogP) is 4.13. The van der Waals surface area contributed by atoms with Crippen LogP contribution < -0.4 is 5.32 Å². The van der Waals surface area contributed by atoms with E-state index in [1.54, 1.807) is 23.5 Å². The molecule has 1 unspecified atom stereocenters. The molecule has 0 aliphatic heterocycles. The van der Waals surface area contributed by atoms with Gasteiger partial charge in [-0.25, -0.2) is 4.39 Å². The summed E-state index contributed by atoms with van der Waals surface area (Å²) in [6.07, 6.45) is 1.83. The maximum atomic E-state index is 13.2. The van der Waals surface area contributed by atoms with Crippen LogP contribution in [0.5, 0.6) is 0 Å². The van der Waals surface area contributed by atoms with Crippen LogP contribution in [0.4, 0.5) is 4.39 Å². The number of nitrogens with one attached hydrogen (secondary N) is 2. The molecule has 5 heteroatoms. The number of benzene rings is 1. The van der Waals surface area contributed by atoms with E-state index in [-0.39, 0.29) is 11.9 Å². The molecule has 3 nitrogen and oxygen atoms in total. The fourth-order valence-corrected chi connectivity index (χ4v) is 2.99. The van der Waals surface area contributed by atoms with Gasteiger partial charge in [-0.1, -0.05) is 18.2 Å². The van der Waals surface area contributed by atoms with Crippen molar-refractivity contribution in [3.63, 3.8) is 0 Å². The summed E-state index contributed by atoms with van der Waals surface area (Å²) in [6.45, 7) is 2.71. The second kappa shape index (κ2) is 6.20. The SMILES string of the molecule is CC(NCc1cn[nH]c1-c1cccs1)c1cccc(F)c1. The third kappa shape index (κ3) is 3.20. The van der Waals surface area contributed by atoms with E-state index in [0.717, 1.165) is 16.8 Å². The maximum absolute atomic E-state index is 13.2. The van der Waals surface area contributed by atoms with Gasteiger partial charge in [0.05, 0.1) is 16.8 Å². The monoisotopic (exact) mass is 301 g/mol. The molecule has 2 heterocycles. The first kappa shape index (κ1) is 14.0. The normalized spacial score (nSPS) is 12.5. The summed E-state index contributed by atoms with van der Waals surface area (Å²) in [4.78, 5) is 1.17. The Labute approximate surface area is 126 Å². The molecule has 2 aromatic heterocycles. The van der Waals surface area contributed by atoms with Gasteiger partial charge < -0.3 is 5.32 Å². The molecule has 1 aromatic carbocycles. The van der Waals surface area contributed by atoms with Crippen LogP contribution in [0.3, 0.4) is 0 Å². The highest BCUT2D eigenvalue weighted by Gasteiger charge is 2.11. The van der Waals surface area contributed by atoms with Gasteiger partial charge in [-0.3, -0.25) is 5.10 Å². The van der Waals surface area contributed by atoms with Gasteiger partial charge in [0.2, 0.25) is 0 Å². The van der Waals surface area contributed by atoms with Crippen LogP contribution in [0.2, 0.25) is 0 Å². The van der Waals surface area contributed by atoms with Crippen molar-refractivity contribution in [3.8, 4) is 10.6 Å². The van der Waals surface area contributed by atoms with Crippen molar-refractivity contribution in [1.29, 1.82) is 0 Å². The number of halogens is 1. The van der Waals surface area contributed by atoms with E-state index in [4.69, 9.17) is 0 Å². The molecule has 0 amide bonds. The van der Waals surface area contributed by atoms with Crippen LogP contribution in [-0.4, -0.2) is 10.2 Å². The van der Waals surface area contributed by atoms with Gasteiger partial charge in [-0.15, -0.1) is 11.3 Å². The number of nitrogens with zero attached hydrogens (tertiary/aromatic N) is 1. The number of hydrogen-bond donors (Lipinski definition) is 2. The lowest BCUT2D eigenvalue weighted by Gasteiger charge is -2.14. The first-order valence-corrected chi connectivity index (χ1v) is 7.67. The summed E-state index contributed by atoms with van der Waals surface area (Å²) in [5, 5.41) is 12.6. The lowest BCUT2D eigenvalue weighted by Crippen LogP contribution is -2.18. The molecule has 0 radical (unpaired) electrons. The molecule has 0 saturated heterocycles. The van der Waals surface area contributed by atoms with Gasteiger partial charge >= 0.3 is 0 Å². The van der Waals surface area contributed by atoms with Crippen LogP contribution in [0.15, 0.2) is 48.0 Å². The summed E-state index contributed by atoms with van der Waals surface area (Å²) < 4.78 is 13.2. The molecular weight excluding hydrogens is 285 g/mol. The summed E-state index contributed by atoms with van der Waals surface area (Å²) >= 11 is 1.68. The van der Waals surface area contributed by atoms with Gasteiger partial charge in [0, 0.05) is 18.2 Å². The molecule has 0 spiro atoms. The lowest BCUT2D eigenvalue weighted by atomic mass is 10.1. The number of rotatable bonds is 5. The number of aromatic nitrogens is 2. The van der Waals surface area contributed by atoms with E-state index in [1.165, 1.54) is 10.9 Å². The Morgan fingerprint density at radius 2 is 2.24 bits per heavy atom. The molecule has 2 N–H and O–H groups in total. The molecule has 21 heavy (non-hydrogen) atoms. The number of thiophene rings is 1. The van der Waals surface area contributed by atoms with E-state index >= 15 is 0 Å². The van der Waals surface area contributed by atoms with Gasteiger partial charge in [0.1, 0.15) is 5.82 Å². The Hall–Kier alpha value is -1.98. The van der Waals surface area contributed by atoms with Crippen LogP contribution in [0.1, 0.15) is 24.1 Å². The second-order valence-corrected chi connectivity index (χ2v) is 5.85. The number of hydrogen-bond acceptors (Lipinski definition) is 3. The maximum Gasteiger partial charge on any atom is 0.123 e. The third-order valence-corrected chi connectivity index (χ3v) is 4.32. The topological polar surface area (TPSA) is 40.7 Å². The van der Waals surface area contributed by atoms with Gasteiger partial charge in [0.15, 0.2) is 0 Å². The largest absolute Gasteiger partial charge is 0.306 e. The Morgan fingerprint density at radius 3 is 3.00 bits per heavy atom. The molecule has 3 rings (SSSR count). The molecule has 0 bridgehead atoms. The van der Waals surface area contributed by atoms with Crippen molar-refractivity contribution in [2.75, 3.05) is 0 Å². The number of aromatic amines is 1. The summed E-state index contributed by atoms with van der Waals surface area (Å²) in [7, 11) is 0. The smallest absolute Gasteiger partial charge is 0.123 e. The fraction of sp³-hybridized carbons (Fsp3) is 0.188. The standard InChI is InChI=1S/C16H16FN3S/c1-11(12-4-2-5-14(17)8-12)18-9-13-10-19-20-16(13)15-6-3-7-21-15/h2-8,10-11,18H,9H2,1H3,(H,19,20). The van der Waals surface area contributed by atoms with Crippen molar-refractivity contribution in [2.24, 2.45) is 0 Å². The van der Waals surface area contributed by atoms with Crippen LogP contribution in [0, 0.1) is 5.82 Å². The highest BCUT2D eigenvalue weighted by Crippen LogP contribution is 2.26. The molecule has 0 aliphatic rings. The van der Waals surface area contributed by atoms with E-state index in [2.05, 4.69) is 21.6 Å². The average molecular weight is 301 g/mol. The van der Waals surface area contributed by atoms with Crippen LogP contribution in [0.25, 0.3) is 10.6 Å². The van der Waals surface area contributed by atoms with Gasteiger partial charge in [-0.2, -0.15) is 5.10 Å². The van der Waals surface area contributed by atoms with E-state index < -0.39 is 0 Å². The quantitative estimate of drug-likeness (QED) is 0.744. The zero-order chi connectivity index (χ0) is 14.7. The Balaban J connectivity index is 1.70.